The maximum atomic E-state index is 3.90. The first-order valence-electron chi connectivity index (χ1n) is 7.64. The minimum absolute atomic E-state index is 0.153. The molecule has 0 spiro atoms. The molecule has 2 aromatic carbocycles. The molecule has 21 heavy (non-hydrogen) atoms. The molecule has 0 aromatic heterocycles. The third-order valence-electron chi connectivity index (χ3n) is 3.94. The summed E-state index contributed by atoms with van der Waals surface area (Å²) in [4.78, 5) is 0.245. The average Bonchev–Trinajstić information content (AvgIpc) is 2.45. The third kappa shape index (κ3) is 3.77. The Morgan fingerprint density at radius 2 is 1.33 bits per heavy atom. The van der Waals surface area contributed by atoms with E-state index in [9.17, 15) is 0 Å². The van der Waals surface area contributed by atoms with E-state index in [2.05, 4.69) is 99.1 Å². The summed E-state index contributed by atoms with van der Waals surface area (Å²) in [6.07, 6.45) is 0. The molecule has 0 nitrogen and oxygen atoms in total. The Hall–Kier alpha value is -1.08. The summed E-state index contributed by atoms with van der Waals surface area (Å²) in [5.41, 5.74) is 5.63. The van der Waals surface area contributed by atoms with Crippen LogP contribution < -0.4 is 0 Å². The Morgan fingerprint density at radius 3 is 1.86 bits per heavy atom. The largest absolute Gasteiger partial charge is 0.0786 e. The van der Waals surface area contributed by atoms with Gasteiger partial charge in [0, 0.05) is 0 Å². The van der Waals surface area contributed by atoms with E-state index in [4.69, 9.17) is 0 Å². The molecule has 0 N–H and O–H groups in total. The molecule has 0 saturated carbocycles. The summed E-state index contributed by atoms with van der Waals surface area (Å²) in [6, 6.07) is 17.7. The van der Waals surface area contributed by atoms with Gasteiger partial charge < -0.3 is 0 Å². The van der Waals surface area contributed by atoms with Crippen LogP contribution >= 0.6 is 15.9 Å². The van der Waals surface area contributed by atoms with Gasteiger partial charge in [0.15, 0.2) is 0 Å². The van der Waals surface area contributed by atoms with Gasteiger partial charge in [-0.25, -0.2) is 0 Å². The topological polar surface area (TPSA) is 0 Å². The monoisotopic (exact) mass is 344 g/mol. The zero-order chi connectivity index (χ0) is 15.6. The fraction of sp³-hybridized carbons (Fsp3) is 0.400. The summed E-state index contributed by atoms with van der Waals surface area (Å²) in [5, 5.41) is 0. The molecule has 1 atom stereocenters. The van der Waals surface area contributed by atoms with Crippen LogP contribution in [0.3, 0.4) is 0 Å². The number of hydrogen-bond acceptors (Lipinski definition) is 0. The minimum Gasteiger partial charge on any atom is -0.0786 e. The van der Waals surface area contributed by atoms with Crippen molar-refractivity contribution >= 4 is 15.9 Å². The Morgan fingerprint density at radius 1 is 0.810 bits per heavy atom. The van der Waals surface area contributed by atoms with Crippen LogP contribution in [0.5, 0.6) is 0 Å². The molecule has 1 heteroatoms. The smallest absolute Gasteiger partial charge is 0.0647 e. The van der Waals surface area contributed by atoms with Gasteiger partial charge in [-0.1, -0.05) is 99.1 Å². The molecule has 0 saturated heterocycles. The first kappa shape index (κ1) is 16.3. The van der Waals surface area contributed by atoms with Crippen molar-refractivity contribution in [2.75, 3.05) is 0 Å². The van der Waals surface area contributed by atoms with Crippen molar-refractivity contribution in [3.63, 3.8) is 0 Å². The van der Waals surface area contributed by atoms with Crippen molar-refractivity contribution < 1.29 is 0 Å². The molecule has 0 radical (unpaired) electrons. The normalized spacial score (nSPS) is 13.5. The highest BCUT2D eigenvalue weighted by atomic mass is 79.9. The van der Waals surface area contributed by atoms with Crippen molar-refractivity contribution in [1.29, 1.82) is 0 Å². The van der Waals surface area contributed by atoms with Crippen LogP contribution in [-0.2, 0) is 5.41 Å². The van der Waals surface area contributed by atoms with E-state index >= 15 is 0 Å². The molecule has 0 amide bonds. The van der Waals surface area contributed by atoms with Gasteiger partial charge in [0.2, 0.25) is 0 Å². The molecular weight excluding hydrogens is 320 g/mol. The zero-order valence-corrected chi connectivity index (χ0v) is 15.2. The molecule has 112 valence electrons. The number of rotatable bonds is 3. The second kappa shape index (κ2) is 6.36. The first-order valence-corrected chi connectivity index (χ1v) is 8.55. The van der Waals surface area contributed by atoms with Crippen molar-refractivity contribution in [2.24, 2.45) is 0 Å². The number of alkyl halides is 1. The molecule has 1 unspecified atom stereocenters. The van der Waals surface area contributed by atoms with Gasteiger partial charge in [0.05, 0.1) is 4.83 Å². The molecular formula is C20H25Br. The van der Waals surface area contributed by atoms with E-state index in [1.165, 1.54) is 22.3 Å². The molecule has 0 bridgehead atoms. The maximum absolute atomic E-state index is 3.90. The van der Waals surface area contributed by atoms with Gasteiger partial charge in [-0.05, 0) is 33.6 Å². The van der Waals surface area contributed by atoms with Crippen LogP contribution in [-0.4, -0.2) is 0 Å². The van der Waals surface area contributed by atoms with E-state index in [1.807, 2.05) is 0 Å². The van der Waals surface area contributed by atoms with Gasteiger partial charge in [0.1, 0.15) is 0 Å². The number of halogens is 1. The van der Waals surface area contributed by atoms with Crippen molar-refractivity contribution in [1.82, 2.24) is 0 Å². The molecule has 0 aliphatic rings. The maximum Gasteiger partial charge on any atom is 0.0647 e. The SMILES string of the molecule is CC(C)c1ccc(C(Br)c2ccccc2C(C)(C)C)cc1. The van der Waals surface area contributed by atoms with Gasteiger partial charge >= 0.3 is 0 Å². The minimum atomic E-state index is 0.153. The number of benzene rings is 2. The van der Waals surface area contributed by atoms with Crippen LogP contribution in [0.2, 0.25) is 0 Å². The summed E-state index contributed by atoms with van der Waals surface area (Å²) in [5.74, 6) is 0.578. The lowest BCUT2D eigenvalue weighted by Crippen LogP contribution is -2.15. The fourth-order valence-corrected chi connectivity index (χ4v) is 3.33. The van der Waals surface area contributed by atoms with E-state index < -0.39 is 0 Å². The Labute approximate surface area is 137 Å². The van der Waals surface area contributed by atoms with Gasteiger partial charge in [-0.3, -0.25) is 0 Å². The van der Waals surface area contributed by atoms with E-state index in [1.54, 1.807) is 0 Å². The highest BCUT2D eigenvalue weighted by Gasteiger charge is 2.22. The lowest BCUT2D eigenvalue weighted by molar-refractivity contribution is 0.584. The van der Waals surface area contributed by atoms with Crippen LogP contribution in [0, 0.1) is 0 Å². The molecule has 0 aliphatic carbocycles. The Balaban J connectivity index is 2.38. The second-order valence-electron chi connectivity index (χ2n) is 7.02. The molecule has 0 fully saturated rings. The third-order valence-corrected chi connectivity index (χ3v) is 4.96. The van der Waals surface area contributed by atoms with Crippen molar-refractivity contribution in [2.45, 2.75) is 50.8 Å². The average molecular weight is 345 g/mol. The van der Waals surface area contributed by atoms with Crippen LogP contribution in [0.4, 0.5) is 0 Å². The zero-order valence-electron chi connectivity index (χ0n) is 13.7. The predicted octanol–water partition coefficient (Wildman–Crippen LogP) is 6.59. The molecule has 0 aliphatic heterocycles. The van der Waals surface area contributed by atoms with E-state index in [0.29, 0.717) is 5.92 Å². The Kier molecular flexibility index (Phi) is 4.93. The standard InChI is InChI=1S/C20H25Br/c1-14(2)15-10-12-16(13-11-15)19(21)17-8-6-7-9-18(17)20(3,4)5/h6-14,19H,1-5H3. The lowest BCUT2D eigenvalue weighted by Gasteiger charge is -2.25. The molecule has 0 heterocycles. The van der Waals surface area contributed by atoms with Gasteiger partial charge in [0.25, 0.3) is 0 Å². The van der Waals surface area contributed by atoms with Crippen molar-refractivity contribution in [3.8, 4) is 0 Å². The predicted molar refractivity (Wildman–Crippen MR) is 96.4 cm³/mol. The molecule has 2 aromatic rings. The molecule has 2 rings (SSSR count). The summed E-state index contributed by atoms with van der Waals surface area (Å²) < 4.78 is 0. The van der Waals surface area contributed by atoms with Gasteiger partial charge in [-0.2, -0.15) is 0 Å². The second-order valence-corrected chi connectivity index (χ2v) is 7.94. The van der Waals surface area contributed by atoms with Crippen LogP contribution in [0.1, 0.15) is 67.6 Å². The lowest BCUT2D eigenvalue weighted by atomic mass is 9.82. The number of hydrogen-bond donors (Lipinski definition) is 0. The van der Waals surface area contributed by atoms with Crippen LogP contribution in [0.25, 0.3) is 0 Å². The highest BCUT2D eigenvalue weighted by molar-refractivity contribution is 9.09. The van der Waals surface area contributed by atoms with Crippen LogP contribution in [0.15, 0.2) is 48.5 Å². The first-order chi connectivity index (χ1) is 9.80. The Bertz CT molecular complexity index is 588. The quantitative estimate of drug-likeness (QED) is 0.550. The fourth-order valence-electron chi connectivity index (χ4n) is 2.63. The summed E-state index contributed by atoms with van der Waals surface area (Å²) in [7, 11) is 0. The van der Waals surface area contributed by atoms with E-state index in [0.717, 1.165) is 0 Å². The van der Waals surface area contributed by atoms with E-state index in [-0.39, 0.29) is 10.2 Å². The van der Waals surface area contributed by atoms with Gasteiger partial charge in [-0.15, -0.1) is 0 Å². The van der Waals surface area contributed by atoms with Crippen molar-refractivity contribution in [3.05, 3.63) is 70.8 Å². The summed E-state index contributed by atoms with van der Waals surface area (Å²) >= 11 is 3.90. The summed E-state index contributed by atoms with van der Waals surface area (Å²) in [6.45, 7) is 11.3. The highest BCUT2D eigenvalue weighted by Crippen LogP contribution is 2.37.